The lowest BCUT2D eigenvalue weighted by Gasteiger charge is -2.30. The second-order valence-corrected chi connectivity index (χ2v) is 10.1. The minimum Gasteiger partial charge on any atom is -0.494 e. The van der Waals surface area contributed by atoms with Crippen LogP contribution in [0.3, 0.4) is 0 Å². The predicted molar refractivity (Wildman–Crippen MR) is 114 cm³/mol. The van der Waals surface area contributed by atoms with Crippen LogP contribution in [0.5, 0.6) is 5.75 Å². The van der Waals surface area contributed by atoms with Crippen LogP contribution in [0.4, 0.5) is 5.13 Å². The van der Waals surface area contributed by atoms with Crippen LogP contribution in [0.25, 0.3) is 0 Å². The topological polar surface area (TPSA) is 88.6 Å². The van der Waals surface area contributed by atoms with Crippen molar-refractivity contribution in [1.29, 1.82) is 0 Å². The number of anilines is 1. The fourth-order valence-corrected chi connectivity index (χ4v) is 5.77. The van der Waals surface area contributed by atoms with E-state index in [1.807, 2.05) is 20.8 Å². The van der Waals surface area contributed by atoms with E-state index in [2.05, 4.69) is 10.3 Å². The molecule has 1 aliphatic heterocycles. The van der Waals surface area contributed by atoms with E-state index in [4.69, 9.17) is 4.74 Å². The quantitative estimate of drug-likeness (QED) is 0.717. The molecular weight excluding hydrogens is 410 g/mol. The van der Waals surface area contributed by atoms with Crippen molar-refractivity contribution >= 4 is 32.4 Å². The molecule has 0 spiro atoms. The lowest BCUT2D eigenvalue weighted by atomic mass is 9.97. The average molecular weight is 438 g/mol. The molecule has 29 heavy (non-hydrogen) atoms. The Morgan fingerprint density at radius 1 is 1.24 bits per heavy atom. The average Bonchev–Trinajstić information content (AvgIpc) is 3.08. The van der Waals surface area contributed by atoms with Gasteiger partial charge in [-0.2, -0.15) is 4.31 Å². The van der Waals surface area contributed by atoms with Crippen LogP contribution in [0.15, 0.2) is 29.2 Å². The normalized spacial score (nSPS) is 16.0. The molecule has 1 aliphatic rings. The minimum atomic E-state index is -3.57. The molecule has 0 saturated carbocycles. The fraction of sp³-hybridized carbons (Fsp3) is 0.500. The van der Waals surface area contributed by atoms with Gasteiger partial charge in [-0.1, -0.05) is 6.92 Å². The first-order valence-corrected chi connectivity index (χ1v) is 12.1. The summed E-state index contributed by atoms with van der Waals surface area (Å²) < 4.78 is 32.6. The van der Waals surface area contributed by atoms with Gasteiger partial charge in [0.15, 0.2) is 5.13 Å². The predicted octanol–water partition coefficient (Wildman–Crippen LogP) is 3.45. The molecule has 158 valence electrons. The number of nitrogens with one attached hydrogen (secondary N) is 1. The van der Waals surface area contributed by atoms with Crippen LogP contribution >= 0.6 is 11.3 Å². The van der Waals surface area contributed by atoms with E-state index in [0.29, 0.717) is 43.4 Å². The third kappa shape index (κ3) is 4.96. The Kier molecular flexibility index (Phi) is 6.92. The summed E-state index contributed by atoms with van der Waals surface area (Å²) in [6.45, 7) is 7.09. The summed E-state index contributed by atoms with van der Waals surface area (Å²) >= 11 is 1.48. The molecule has 1 amide bonds. The lowest BCUT2D eigenvalue weighted by Crippen LogP contribution is -2.41. The molecule has 0 aliphatic carbocycles. The van der Waals surface area contributed by atoms with Gasteiger partial charge in [0.25, 0.3) is 0 Å². The van der Waals surface area contributed by atoms with Crippen molar-refractivity contribution < 1.29 is 17.9 Å². The Balaban J connectivity index is 1.59. The first-order valence-electron chi connectivity index (χ1n) is 9.85. The highest BCUT2D eigenvalue weighted by molar-refractivity contribution is 7.89. The smallest absolute Gasteiger partial charge is 0.243 e. The van der Waals surface area contributed by atoms with E-state index in [1.165, 1.54) is 15.6 Å². The molecule has 1 aromatic heterocycles. The molecule has 1 aromatic carbocycles. The molecule has 9 heteroatoms. The summed E-state index contributed by atoms with van der Waals surface area (Å²) in [5.74, 6) is 0.348. The van der Waals surface area contributed by atoms with Crippen LogP contribution in [0, 0.1) is 12.8 Å². The third-order valence-corrected chi connectivity index (χ3v) is 7.90. The zero-order valence-corrected chi connectivity index (χ0v) is 18.6. The van der Waals surface area contributed by atoms with Gasteiger partial charge in [-0.3, -0.25) is 4.79 Å². The second kappa shape index (κ2) is 9.23. The van der Waals surface area contributed by atoms with Gasteiger partial charge in [0.1, 0.15) is 5.75 Å². The lowest BCUT2D eigenvalue weighted by molar-refractivity contribution is -0.120. The molecule has 7 nitrogen and oxygen atoms in total. The zero-order chi connectivity index (χ0) is 21.0. The second-order valence-electron chi connectivity index (χ2n) is 6.95. The number of carbonyl (C=O) groups is 1. The van der Waals surface area contributed by atoms with Crippen LogP contribution in [-0.4, -0.2) is 43.3 Å². The molecule has 0 radical (unpaired) electrons. The van der Waals surface area contributed by atoms with E-state index in [0.717, 1.165) is 17.0 Å². The molecule has 0 atom stereocenters. The van der Waals surface area contributed by atoms with Crippen LogP contribution in [0.1, 0.15) is 37.3 Å². The summed E-state index contributed by atoms with van der Waals surface area (Å²) in [6, 6.07) is 6.46. The van der Waals surface area contributed by atoms with Crippen molar-refractivity contribution in [2.24, 2.45) is 5.92 Å². The SMILES string of the molecule is CCOc1ccc(S(=O)(=O)N2CCC(C(=O)Nc3nc(CC)c(C)s3)CC2)cc1. The van der Waals surface area contributed by atoms with Gasteiger partial charge in [0.05, 0.1) is 17.2 Å². The van der Waals surface area contributed by atoms with Crippen LogP contribution in [-0.2, 0) is 21.2 Å². The number of carbonyl (C=O) groups excluding carboxylic acids is 1. The molecule has 1 N–H and O–H groups in total. The first-order chi connectivity index (χ1) is 13.8. The Bertz CT molecular complexity index is 947. The third-order valence-electron chi connectivity index (χ3n) is 5.05. The van der Waals surface area contributed by atoms with E-state index in [-0.39, 0.29) is 16.7 Å². The molecular formula is C20H27N3O4S2. The van der Waals surface area contributed by atoms with Crippen molar-refractivity contribution in [3.8, 4) is 5.75 Å². The molecule has 1 saturated heterocycles. The Morgan fingerprint density at radius 2 is 1.90 bits per heavy atom. The minimum absolute atomic E-state index is 0.0838. The standard InChI is InChI=1S/C20H27N3O4S2/c1-4-18-14(3)28-20(21-18)22-19(24)15-10-12-23(13-11-15)29(25,26)17-8-6-16(7-9-17)27-5-2/h6-9,15H,4-5,10-13H2,1-3H3,(H,21,22,24). The summed E-state index contributed by atoms with van der Waals surface area (Å²) in [6.07, 6.45) is 1.82. The van der Waals surface area contributed by atoms with E-state index in [9.17, 15) is 13.2 Å². The number of hydrogen-bond acceptors (Lipinski definition) is 6. The largest absolute Gasteiger partial charge is 0.494 e. The molecule has 3 rings (SSSR count). The van der Waals surface area contributed by atoms with Gasteiger partial charge in [0.2, 0.25) is 15.9 Å². The van der Waals surface area contributed by atoms with Gasteiger partial charge < -0.3 is 10.1 Å². The Hall–Kier alpha value is -1.97. The maximum atomic E-state index is 12.9. The number of amides is 1. The van der Waals surface area contributed by atoms with Gasteiger partial charge in [-0.15, -0.1) is 11.3 Å². The molecule has 0 unspecified atom stereocenters. The van der Waals surface area contributed by atoms with Gasteiger partial charge in [-0.25, -0.2) is 13.4 Å². The summed E-state index contributed by atoms with van der Waals surface area (Å²) in [4.78, 5) is 18.4. The molecule has 2 heterocycles. The maximum absolute atomic E-state index is 12.9. The monoisotopic (exact) mass is 437 g/mol. The van der Waals surface area contributed by atoms with Crippen molar-refractivity contribution in [2.75, 3.05) is 25.0 Å². The maximum Gasteiger partial charge on any atom is 0.243 e. The Labute approximate surface area is 176 Å². The van der Waals surface area contributed by atoms with Gasteiger partial charge >= 0.3 is 0 Å². The molecule has 1 fully saturated rings. The zero-order valence-electron chi connectivity index (χ0n) is 17.0. The summed E-state index contributed by atoms with van der Waals surface area (Å²) in [7, 11) is -3.57. The van der Waals surface area contributed by atoms with E-state index < -0.39 is 10.0 Å². The summed E-state index contributed by atoms with van der Waals surface area (Å²) in [5.41, 5.74) is 1.00. The first kappa shape index (κ1) is 21.7. The number of thiazole rings is 1. The number of benzene rings is 1. The van der Waals surface area contributed by atoms with Crippen molar-refractivity contribution in [2.45, 2.75) is 44.9 Å². The fourth-order valence-electron chi connectivity index (χ4n) is 3.40. The van der Waals surface area contributed by atoms with Gasteiger partial charge in [-0.05, 0) is 57.4 Å². The van der Waals surface area contributed by atoms with Gasteiger partial charge in [0, 0.05) is 23.9 Å². The van der Waals surface area contributed by atoms with Crippen molar-refractivity contribution in [1.82, 2.24) is 9.29 Å². The highest BCUT2D eigenvalue weighted by atomic mass is 32.2. The highest BCUT2D eigenvalue weighted by Gasteiger charge is 2.32. The number of ether oxygens (including phenoxy) is 1. The molecule has 2 aromatic rings. The molecule has 0 bridgehead atoms. The number of sulfonamides is 1. The number of piperidine rings is 1. The number of rotatable bonds is 7. The highest BCUT2D eigenvalue weighted by Crippen LogP contribution is 2.27. The van der Waals surface area contributed by atoms with E-state index >= 15 is 0 Å². The Morgan fingerprint density at radius 3 is 2.45 bits per heavy atom. The van der Waals surface area contributed by atoms with Crippen molar-refractivity contribution in [3.05, 3.63) is 34.8 Å². The number of hydrogen-bond donors (Lipinski definition) is 1. The number of aromatic nitrogens is 1. The number of aryl methyl sites for hydroxylation is 2. The van der Waals surface area contributed by atoms with Crippen molar-refractivity contribution in [3.63, 3.8) is 0 Å². The van der Waals surface area contributed by atoms with Crippen LogP contribution in [0.2, 0.25) is 0 Å². The number of nitrogens with zero attached hydrogens (tertiary/aromatic N) is 2. The van der Waals surface area contributed by atoms with Crippen LogP contribution < -0.4 is 10.1 Å². The summed E-state index contributed by atoms with van der Waals surface area (Å²) in [5, 5.41) is 3.52. The van der Waals surface area contributed by atoms with E-state index in [1.54, 1.807) is 24.3 Å².